The second-order valence-corrected chi connectivity index (χ2v) is 5.28. The first-order chi connectivity index (χ1) is 9.75. The van der Waals surface area contributed by atoms with Crippen LogP contribution < -0.4 is 10.6 Å². The number of anilines is 2. The summed E-state index contributed by atoms with van der Waals surface area (Å²) in [5.41, 5.74) is 9.16. The monoisotopic (exact) mass is 268 g/mol. The van der Waals surface area contributed by atoms with Crippen LogP contribution in [-0.4, -0.2) is 23.1 Å². The quantitative estimate of drug-likeness (QED) is 0.909. The Balaban J connectivity index is 1.98. The number of aryl methyl sites for hydroxylation is 1. The Morgan fingerprint density at radius 3 is 2.35 bits per heavy atom. The van der Waals surface area contributed by atoms with E-state index in [0.29, 0.717) is 5.82 Å². The van der Waals surface area contributed by atoms with E-state index in [9.17, 15) is 0 Å². The van der Waals surface area contributed by atoms with Gasteiger partial charge in [-0.15, -0.1) is 0 Å². The van der Waals surface area contributed by atoms with Gasteiger partial charge in [-0.1, -0.05) is 30.3 Å². The maximum Gasteiger partial charge on any atom is 0.227 e. The van der Waals surface area contributed by atoms with Gasteiger partial charge in [0.25, 0.3) is 0 Å². The van der Waals surface area contributed by atoms with Gasteiger partial charge >= 0.3 is 0 Å². The molecule has 104 valence electrons. The van der Waals surface area contributed by atoms with E-state index in [2.05, 4.69) is 14.9 Å². The molecule has 4 heteroatoms. The highest BCUT2D eigenvalue weighted by atomic mass is 15.3. The van der Waals surface area contributed by atoms with E-state index in [1.165, 1.54) is 19.3 Å². The van der Waals surface area contributed by atoms with Crippen LogP contribution in [0.4, 0.5) is 11.8 Å². The van der Waals surface area contributed by atoms with Gasteiger partial charge < -0.3 is 10.6 Å². The van der Waals surface area contributed by atoms with Gasteiger partial charge in [0.1, 0.15) is 5.82 Å². The lowest BCUT2D eigenvalue weighted by molar-refractivity contribution is 0.568. The minimum Gasteiger partial charge on any atom is -0.383 e. The third-order valence-electron chi connectivity index (χ3n) is 3.81. The Morgan fingerprint density at radius 1 is 1.00 bits per heavy atom. The van der Waals surface area contributed by atoms with Gasteiger partial charge in [-0.3, -0.25) is 0 Å². The zero-order valence-electron chi connectivity index (χ0n) is 11.8. The van der Waals surface area contributed by atoms with E-state index in [1.54, 1.807) is 0 Å². The average molecular weight is 268 g/mol. The van der Waals surface area contributed by atoms with Gasteiger partial charge in [0.15, 0.2) is 0 Å². The van der Waals surface area contributed by atoms with Crippen LogP contribution in [0.2, 0.25) is 0 Å². The molecular formula is C16H20N4. The van der Waals surface area contributed by atoms with Crippen molar-refractivity contribution in [1.29, 1.82) is 0 Å². The zero-order valence-corrected chi connectivity index (χ0v) is 11.8. The lowest BCUT2D eigenvalue weighted by Gasteiger charge is -2.27. The molecule has 1 saturated heterocycles. The highest BCUT2D eigenvalue weighted by molar-refractivity contribution is 5.76. The highest BCUT2D eigenvalue weighted by Gasteiger charge is 2.17. The van der Waals surface area contributed by atoms with Gasteiger partial charge in [0.2, 0.25) is 5.95 Å². The van der Waals surface area contributed by atoms with Gasteiger partial charge in [-0.2, -0.15) is 4.98 Å². The summed E-state index contributed by atoms with van der Waals surface area (Å²) in [6, 6.07) is 10.1. The molecule has 0 unspecified atom stereocenters. The molecule has 1 aliphatic rings. The van der Waals surface area contributed by atoms with Gasteiger partial charge in [0.05, 0.1) is 5.69 Å². The predicted molar refractivity (Wildman–Crippen MR) is 82.7 cm³/mol. The minimum absolute atomic E-state index is 0.573. The second kappa shape index (κ2) is 5.49. The first-order valence-electron chi connectivity index (χ1n) is 7.20. The summed E-state index contributed by atoms with van der Waals surface area (Å²) < 4.78 is 0. The molecule has 0 bridgehead atoms. The fraction of sp³-hybridized carbons (Fsp3) is 0.375. The molecule has 2 aromatic rings. The van der Waals surface area contributed by atoms with Crippen molar-refractivity contribution >= 4 is 11.8 Å². The van der Waals surface area contributed by atoms with Crippen molar-refractivity contribution in [2.24, 2.45) is 0 Å². The van der Waals surface area contributed by atoms with Crippen molar-refractivity contribution in [3.63, 3.8) is 0 Å². The maximum absolute atomic E-state index is 6.18. The Kier molecular flexibility index (Phi) is 3.54. The molecule has 1 fully saturated rings. The molecule has 0 amide bonds. The number of piperidine rings is 1. The summed E-state index contributed by atoms with van der Waals surface area (Å²) in [5, 5.41) is 0. The molecule has 1 aromatic carbocycles. The van der Waals surface area contributed by atoms with E-state index in [1.807, 2.05) is 37.3 Å². The number of aromatic nitrogens is 2. The fourth-order valence-corrected chi connectivity index (χ4v) is 2.78. The Labute approximate surface area is 119 Å². The standard InChI is InChI=1S/C16H20N4/c1-12-14(13-8-4-2-5-9-13)15(17)19-16(18-12)20-10-6-3-7-11-20/h2,4-5,8-9H,3,6-7,10-11H2,1H3,(H2,17,18,19). The number of hydrogen-bond donors (Lipinski definition) is 1. The number of nitrogen functional groups attached to an aromatic ring is 1. The largest absolute Gasteiger partial charge is 0.383 e. The summed E-state index contributed by atoms with van der Waals surface area (Å²) >= 11 is 0. The normalized spacial score (nSPS) is 15.3. The van der Waals surface area contributed by atoms with Crippen molar-refractivity contribution in [2.45, 2.75) is 26.2 Å². The van der Waals surface area contributed by atoms with Crippen LogP contribution in [-0.2, 0) is 0 Å². The summed E-state index contributed by atoms with van der Waals surface area (Å²) in [4.78, 5) is 11.4. The van der Waals surface area contributed by atoms with Gasteiger partial charge in [-0.05, 0) is 31.7 Å². The topological polar surface area (TPSA) is 55.0 Å². The average Bonchev–Trinajstić information content (AvgIpc) is 2.48. The third-order valence-corrected chi connectivity index (χ3v) is 3.81. The SMILES string of the molecule is Cc1nc(N2CCCCC2)nc(N)c1-c1ccccc1. The molecule has 0 radical (unpaired) electrons. The zero-order chi connectivity index (χ0) is 13.9. The van der Waals surface area contributed by atoms with E-state index in [0.717, 1.165) is 35.9 Å². The molecule has 2 N–H and O–H groups in total. The maximum atomic E-state index is 6.18. The number of rotatable bonds is 2. The first kappa shape index (κ1) is 12.9. The van der Waals surface area contributed by atoms with Crippen molar-refractivity contribution in [3.8, 4) is 11.1 Å². The molecule has 1 aromatic heterocycles. The Hall–Kier alpha value is -2.10. The van der Waals surface area contributed by atoms with Gasteiger partial charge in [0, 0.05) is 18.7 Å². The number of nitrogens with zero attached hydrogens (tertiary/aromatic N) is 3. The van der Waals surface area contributed by atoms with Crippen LogP contribution in [0, 0.1) is 6.92 Å². The molecular weight excluding hydrogens is 248 g/mol. The molecule has 0 atom stereocenters. The summed E-state index contributed by atoms with van der Waals surface area (Å²) in [7, 11) is 0. The van der Waals surface area contributed by atoms with Crippen molar-refractivity contribution in [2.75, 3.05) is 23.7 Å². The van der Waals surface area contributed by atoms with E-state index in [-0.39, 0.29) is 0 Å². The number of benzene rings is 1. The van der Waals surface area contributed by atoms with Crippen molar-refractivity contribution < 1.29 is 0 Å². The van der Waals surface area contributed by atoms with Gasteiger partial charge in [-0.25, -0.2) is 4.98 Å². The predicted octanol–water partition coefficient (Wildman–Crippen LogP) is 3.02. The van der Waals surface area contributed by atoms with Crippen molar-refractivity contribution in [3.05, 3.63) is 36.0 Å². The fourth-order valence-electron chi connectivity index (χ4n) is 2.78. The number of nitrogens with two attached hydrogens (primary N) is 1. The molecule has 1 aliphatic heterocycles. The smallest absolute Gasteiger partial charge is 0.227 e. The molecule has 3 rings (SSSR count). The highest BCUT2D eigenvalue weighted by Crippen LogP contribution is 2.29. The lowest BCUT2D eigenvalue weighted by Crippen LogP contribution is -2.31. The summed E-state index contributed by atoms with van der Waals surface area (Å²) in [6.45, 7) is 4.07. The second-order valence-electron chi connectivity index (χ2n) is 5.28. The summed E-state index contributed by atoms with van der Waals surface area (Å²) in [5.74, 6) is 1.35. The summed E-state index contributed by atoms with van der Waals surface area (Å²) in [6.07, 6.45) is 3.72. The van der Waals surface area contributed by atoms with Crippen LogP contribution in [0.3, 0.4) is 0 Å². The first-order valence-corrected chi connectivity index (χ1v) is 7.20. The Bertz CT molecular complexity index is 566. The Morgan fingerprint density at radius 2 is 1.70 bits per heavy atom. The van der Waals surface area contributed by atoms with Crippen molar-refractivity contribution in [1.82, 2.24) is 9.97 Å². The van der Waals surface area contributed by atoms with E-state index >= 15 is 0 Å². The van der Waals surface area contributed by atoms with E-state index < -0.39 is 0 Å². The van der Waals surface area contributed by atoms with E-state index in [4.69, 9.17) is 5.73 Å². The molecule has 20 heavy (non-hydrogen) atoms. The minimum atomic E-state index is 0.573. The molecule has 0 aliphatic carbocycles. The molecule has 0 spiro atoms. The molecule has 4 nitrogen and oxygen atoms in total. The van der Waals surface area contributed by atoms with Crippen LogP contribution in [0.15, 0.2) is 30.3 Å². The number of hydrogen-bond acceptors (Lipinski definition) is 4. The van der Waals surface area contributed by atoms with Crippen LogP contribution in [0.25, 0.3) is 11.1 Å². The third kappa shape index (κ3) is 2.46. The lowest BCUT2D eigenvalue weighted by atomic mass is 10.1. The molecule has 0 saturated carbocycles. The molecule has 2 heterocycles. The van der Waals surface area contributed by atoms with Crippen LogP contribution >= 0.6 is 0 Å². The van der Waals surface area contributed by atoms with Crippen LogP contribution in [0.1, 0.15) is 25.0 Å². The van der Waals surface area contributed by atoms with Crippen LogP contribution in [0.5, 0.6) is 0 Å².